The first-order chi connectivity index (χ1) is 7.31. The van der Waals surface area contributed by atoms with Crippen molar-refractivity contribution < 1.29 is 27.5 Å². The Labute approximate surface area is 95.4 Å². The lowest BCUT2D eigenvalue weighted by molar-refractivity contribution is -0.136. The van der Waals surface area contributed by atoms with E-state index in [1.54, 1.807) is 6.92 Å². The molecule has 0 amide bonds. The summed E-state index contributed by atoms with van der Waals surface area (Å²) in [5.74, 6) is -4.83. The SMILES string of the molecule is CCC(SCCCC(F)(F)C(F)F)C(=O)O. The van der Waals surface area contributed by atoms with Gasteiger partial charge in [0.2, 0.25) is 0 Å². The molecule has 0 aromatic heterocycles. The molecule has 0 bridgehead atoms. The summed E-state index contributed by atoms with van der Waals surface area (Å²) in [4.78, 5) is 10.5. The van der Waals surface area contributed by atoms with Crippen LogP contribution in [-0.2, 0) is 4.79 Å². The molecule has 0 heterocycles. The standard InChI is InChI=1S/C9H14F4O2S/c1-2-6(7(14)15)16-5-3-4-9(12,13)8(10)11/h6,8H,2-5H2,1H3,(H,14,15). The Balaban J connectivity index is 3.79. The summed E-state index contributed by atoms with van der Waals surface area (Å²) in [6, 6.07) is 0. The number of aliphatic carboxylic acids is 1. The molecule has 2 nitrogen and oxygen atoms in total. The molecule has 1 atom stereocenters. The summed E-state index contributed by atoms with van der Waals surface area (Å²) in [7, 11) is 0. The normalized spacial score (nSPS) is 14.1. The molecule has 0 fully saturated rings. The van der Waals surface area contributed by atoms with Crippen LogP contribution in [0.5, 0.6) is 0 Å². The molecular weight excluding hydrogens is 248 g/mol. The molecule has 0 saturated heterocycles. The molecular formula is C9H14F4O2S. The van der Waals surface area contributed by atoms with Crippen molar-refractivity contribution in [3.63, 3.8) is 0 Å². The molecule has 96 valence electrons. The first kappa shape index (κ1) is 15.5. The Kier molecular flexibility index (Phi) is 6.78. The Hall–Kier alpha value is -0.460. The minimum Gasteiger partial charge on any atom is -0.480 e. The molecule has 0 saturated carbocycles. The maximum Gasteiger partial charge on any atom is 0.316 e. The molecule has 1 N–H and O–H groups in total. The monoisotopic (exact) mass is 262 g/mol. The van der Waals surface area contributed by atoms with Crippen molar-refractivity contribution >= 4 is 17.7 Å². The summed E-state index contributed by atoms with van der Waals surface area (Å²) < 4.78 is 48.4. The summed E-state index contributed by atoms with van der Waals surface area (Å²) in [5.41, 5.74) is 0. The lowest BCUT2D eigenvalue weighted by Crippen LogP contribution is -2.26. The second kappa shape index (κ2) is 6.98. The van der Waals surface area contributed by atoms with Crippen molar-refractivity contribution in [2.24, 2.45) is 0 Å². The molecule has 0 aromatic carbocycles. The van der Waals surface area contributed by atoms with E-state index < -0.39 is 30.0 Å². The van der Waals surface area contributed by atoms with Gasteiger partial charge in [-0.2, -0.15) is 0 Å². The highest BCUT2D eigenvalue weighted by Crippen LogP contribution is 2.29. The van der Waals surface area contributed by atoms with Crippen molar-refractivity contribution in [1.82, 2.24) is 0 Å². The summed E-state index contributed by atoms with van der Waals surface area (Å²) in [6.45, 7) is 1.67. The smallest absolute Gasteiger partial charge is 0.316 e. The first-order valence-corrected chi connectivity index (χ1v) is 5.86. The van der Waals surface area contributed by atoms with Crippen LogP contribution in [0.3, 0.4) is 0 Å². The van der Waals surface area contributed by atoms with Gasteiger partial charge in [-0.25, -0.2) is 17.6 Å². The molecule has 0 aliphatic carbocycles. The van der Waals surface area contributed by atoms with E-state index in [1.807, 2.05) is 0 Å². The van der Waals surface area contributed by atoms with Crippen molar-refractivity contribution in [2.75, 3.05) is 5.75 Å². The van der Waals surface area contributed by atoms with Gasteiger partial charge in [0.05, 0.1) is 0 Å². The minimum absolute atomic E-state index is 0.119. The summed E-state index contributed by atoms with van der Waals surface area (Å²) in [5, 5.41) is 7.98. The Morgan fingerprint density at radius 3 is 2.38 bits per heavy atom. The van der Waals surface area contributed by atoms with E-state index in [0.29, 0.717) is 6.42 Å². The average Bonchev–Trinajstić information content (AvgIpc) is 2.16. The van der Waals surface area contributed by atoms with Gasteiger partial charge in [-0.05, 0) is 18.6 Å². The van der Waals surface area contributed by atoms with Gasteiger partial charge in [0, 0.05) is 6.42 Å². The maximum atomic E-state index is 12.4. The number of alkyl halides is 4. The molecule has 0 rings (SSSR count). The van der Waals surface area contributed by atoms with Crippen LogP contribution >= 0.6 is 11.8 Å². The van der Waals surface area contributed by atoms with E-state index in [0.717, 1.165) is 11.8 Å². The van der Waals surface area contributed by atoms with Crippen molar-refractivity contribution in [1.29, 1.82) is 0 Å². The zero-order valence-corrected chi connectivity index (χ0v) is 9.58. The second-order valence-corrected chi connectivity index (χ2v) is 4.58. The van der Waals surface area contributed by atoms with Crippen LogP contribution < -0.4 is 0 Å². The zero-order valence-electron chi connectivity index (χ0n) is 8.76. The predicted molar refractivity (Wildman–Crippen MR) is 54.4 cm³/mol. The highest BCUT2D eigenvalue weighted by atomic mass is 32.2. The van der Waals surface area contributed by atoms with Crippen LogP contribution in [0.25, 0.3) is 0 Å². The lowest BCUT2D eigenvalue weighted by Gasteiger charge is -2.15. The molecule has 16 heavy (non-hydrogen) atoms. The minimum atomic E-state index is -3.97. The largest absolute Gasteiger partial charge is 0.480 e. The number of hydrogen-bond acceptors (Lipinski definition) is 2. The van der Waals surface area contributed by atoms with Gasteiger partial charge in [0.25, 0.3) is 0 Å². The van der Waals surface area contributed by atoms with Gasteiger partial charge in [-0.1, -0.05) is 6.92 Å². The van der Waals surface area contributed by atoms with Crippen molar-refractivity contribution in [3.8, 4) is 0 Å². The topological polar surface area (TPSA) is 37.3 Å². The van der Waals surface area contributed by atoms with Gasteiger partial charge in [-0.15, -0.1) is 11.8 Å². The van der Waals surface area contributed by atoms with E-state index in [1.165, 1.54) is 0 Å². The average molecular weight is 262 g/mol. The number of rotatable bonds is 8. The van der Waals surface area contributed by atoms with Gasteiger partial charge in [0.1, 0.15) is 5.25 Å². The fourth-order valence-electron chi connectivity index (χ4n) is 1.01. The predicted octanol–water partition coefficient (Wildman–Crippen LogP) is 3.26. The number of carbonyl (C=O) groups is 1. The number of thioether (sulfide) groups is 1. The third-order valence-electron chi connectivity index (χ3n) is 1.94. The third-order valence-corrected chi connectivity index (χ3v) is 3.40. The Morgan fingerprint density at radius 2 is 2.00 bits per heavy atom. The Morgan fingerprint density at radius 1 is 1.44 bits per heavy atom. The molecule has 0 aliphatic rings. The van der Waals surface area contributed by atoms with Gasteiger partial charge < -0.3 is 5.11 Å². The van der Waals surface area contributed by atoms with Crippen LogP contribution in [0.4, 0.5) is 17.6 Å². The van der Waals surface area contributed by atoms with E-state index in [9.17, 15) is 22.4 Å². The number of carboxylic acids is 1. The Bertz CT molecular complexity index is 224. The van der Waals surface area contributed by atoms with Gasteiger partial charge in [0.15, 0.2) is 0 Å². The fourth-order valence-corrected chi connectivity index (χ4v) is 1.98. The summed E-state index contributed by atoms with van der Waals surface area (Å²) in [6.07, 6.45) is -4.30. The van der Waals surface area contributed by atoms with E-state index in [4.69, 9.17) is 5.11 Å². The van der Waals surface area contributed by atoms with Crippen LogP contribution in [0.2, 0.25) is 0 Å². The van der Waals surface area contributed by atoms with E-state index >= 15 is 0 Å². The van der Waals surface area contributed by atoms with Crippen molar-refractivity contribution in [3.05, 3.63) is 0 Å². The molecule has 7 heteroatoms. The zero-order chi connectivity index (χ0) is 12.8. The molecule has 1 unspecified atom stereocenters. The quantitative estimate of drug-likeness (QED) is 0.539. The lowest BCUT2D eigenvalue weighted by atomic mass is 10.2. The van der Waals surface area contributed by atoms with E-state index in [-0.39, 0.29) is 12.2 Å². The molecule has 0 aromatic rings. The van der Waals surface area contributed by atoms with Crippen LogP contribution in [0.1, 0.15) is 26.2 Å². The van der Waals surface area contributed by atoms with E-state index in [2.05, 4.69) is 0 Å². The van der Waals surface area contributed by atoms with Gasteiger partial charge in [-0.3, -0.25) is 4.79 Å². The highest BCUT2D eigenvalue weighted by Gasteiger charge is 2.39. The number of hydrogen-bond donors (Lipinski definition) is 1. The second-order valence-electron chi connectivity index (χ2n) is 3.27. The maximum absolute atomic E-state index is 12.4. The van der Waals surface area contributed by atoms with Crippen LogP contribution in [0, 0.1) is 0 Å². The third kappa shape index (κ3) is 5.58. The van der Waals surface area contributed by atoms with Crippen LogP contribution in [0.15, 0.2) is 0 Å². The van der Waals surface area contributed by atoms with Crippen molar-refractivity contribution in [2.45, 2.75) is 43.8 Å². The number of halogens is 4. The molecule has 0 radical (unpaired) electrons. The summed E-state index contributed by atoms with van der Waals surface area (Å²) >= 11 is 1.00. The van der Waals surface area contributed by atoms with Crippen LogP contribution in [-0.4, -0.2) is 34.4 Å². The number of carboxylic acid groups (broad SMARTS) is 1. The fraction of sp³-hybridized carbons (Fsp3) is 0.889. The molecule has 0 spiro atoms. The first-order valence-electron chi connectivity index (χ1n) is 4.81. The molecule has 0 aliphatic heterocycles. The van der Waals surface area contributed by atoms with Gasteiger partial charge >= 0.3 is 18.3 Å². The highest BCUT2D eigenvalue weighted by molar-refractivity contribution is 8.00.